The van der Waals surface area contributed by atoms with Crippen molar-refractivity contribution >= 4 is 11.8 Å². The van der Waals surface area contributed by atoms with Crippen LogP contribution in [0.3, 0.4) is 0 Å². The van der Waals surface area contributed by atoms with E-state index in [9.17, 15) is 9.59 Å². The molecule has 0 aromatic rings. The van der Waals surface area contributed by atoms with Gasteiger partial charge in [0.25, 0.3) is 0 Å². The van der Waals surface area contributed by atoms with Crippen LogP contribution in [0.1, 0.15) is 19.3 Å². The van der Waals surface area contributed by atoms with Crippen LogP contribution in [0.15, 0.2) is 0 Å². The molecule has 0 spiro atoms. The number of likely N-dealkylation sites (tertiary alicyclic amines) is 1. The Morgan fingerprint density at radius 1 is 1.30 bits per heavy atom. The first-order chi connectivity index (χ1) is 4.75. The average molecular weight is 137 g/mol. The van der Waals surface area contributed by atoms with E-state index in [2.05, 4.69) is 0 Å². The van der Waals surface area contributed by atoms with E-state index in [1.807, 2.05) is 6.04 Å². The maximum Gasteiger partial charge on any atom is 0.241 e. The zero-order chi connectivity index (χ0) is 7.56. The molecule has 0 aliphatic carbocycles. The van der Waals surface area contributed by atoms with Crippen LogP contribution in [0.2, 0.25) is 0 Å². The number of hydrogen-bond donors (Lipinski definition) is 0. The summed E-state index contributed by atoms with van der Waals surface area (Å²) >= 11 is 0. The topological polar surface area (TPSA) is 37.4 Å². The van der Waals surface area contributed by atoms with Gasteiger partial charge in [0.05, 0.1) is 0 Å². The normalized spacial score (nSPS) is 18.9. The minimum Gasteiger partial charge on any atom is -0.273 e. The SMILES string of the molecule is C#CN1C(=O)CCCC1=O. The molecule has 0 atom stereocenters. The summed E-state index contributed by atoms with van der Waals surface area (Å²) in [5.41, 5.74) is 0. The minimum atomic E-state index is -0.251. The second kappa shape index (κ2) is 2.53. The van der Waals surface area contributed by atoms with Gasteiger partial charge in [0.2, 0.25) is 11.8 Å². The summed E-state index contributed by atoms with van der Waals surface area (Å²) in [6.45, 7) is 0. The third kappa shape index (κ3) is 1.01. The maximum atomic E-state index is 10.8. The van der Waals surface area contributed by atoms with E-state index in [1.165, 1.54) is 0 Å². The quantitative estimate of drug-likeness (QED) is 0.351. The molecule has 3 heteroatoms. The van der Waals surface area contributed by atoms with E-state index >= 15 is 0 Å². The number of amides is 2. The summed E-state index contributed by atoms with van der Waals surface area (Å²) in [6, 6.07) is 2.04. The molecule has 0 N–H and O–H groups in total. The molecule has 1 rings (SSSR count). The number of imide groups is 1. The van der Waals surface area contributed by atoms with E-state index in [-0.39, 0.29) is 11.8 Å². The molecule has 0 radical (unpaired) electrons. The van der Waals surface area contributed by atoms with E-state index < -0.39 is 0 Å². The van der Waals surface area contributed by atoms with E-state index in [0.29, 0.717) is 19.3 Å². The van der Waals surface area contributed by atoms with E-state index in [0.717, 1.165) is 4.90 Å². The third-order valence-corrected chi connectivity index (χ3v) is 1.41. The molecule has 0 saturated carbocycles. The van der Waals surface area contributed by atoms with Gasteiger partial charge in [-0.25, -0.2) is 4.90 Å². The van der Waals surface area contributed by atoms with Crippen LogP contribution >= 0.6 is 0 Å². The first kappa shape index (κ1) is 6.81. The van der Waals surface area contributed by atoms with Gasteiger partial charge >= 0.3 is 0 Å². The highest BCUT2D eigenvalue weighted by molar-refractivity contribution is 5.99. The van der Waals surface area contributed by atoms with Crippen LogP contribution in [0.25, 0.3) is 0 Å². The number of piperidine rings is 1. The lowest BCUT2D eigenvalue weighted by molar-refractivity contribution is -0.143. The van der Waals surface area contributed by atoms with Gasteiger partial charge in [-0.2, -0.15) is 0 Å². The van der Waals surface area contributed by atoms with Crippen molar-refractivity contribution < 1.29 is 9.59 Å². The number of hydrogen-bond acceptors (Lipinski definition) is 2. The largest absolute Gasteiger partial charge is 0.273 e. The van der Waals surface area contributed by atoms with Crippen molar-refractivity contribution in [3.8, 4) is 12.5 Å². The molecule has 1 fully saturated rings. The van der Waals surface area contributed by atoms with Crippen molar-refractivity contribution in [2.24, 2.45) is 0 Å². The molecule has 10 heavy (non-hydrogen) atoms. The van der Waals surface area contributed by atoms with Crippen molar-refractivity contribution in [1.29, 1.82) is 0 Å². The summed E-state index contributed by atoms with van der Waals surface area (Å²) in [7, 11) is 0. The van der Waals surface area contributed by atoms with E-state index in [1.54, 1.807) is 0 Å². The minimum absolute atomic E-state index is 0.251. The number of carbonyl (C=O) groups excluding carboxylic acids is 2. The molecule has 2 amide bonds. The number of carbonyl (C=O) groups is 2. The standard InChI is InChI=1S/C7H7NO2/c1-2-8-6(9)4-3-5-7(8)10/h1H,3-5H2. The highest BCUT2D eigenvalue weighted by Crippen LogP contribution is 2.10. The molecular formula is C7H7NO2. The van der Waals surface area contributed by atoms with Crippen molar-refractivity contribution in [3.05, 3.63) is 0 Å². The van der Waals surface area contributed by atoms with Crippen molar-refractivity contribution in [2.75, 3.05) is 0 Å². The number of rotatable bonds is 0. The molecular weight excluding hydrogens is 130 g/mol. The van der Waals surface area contributed by atoms with Gasteiger partial charge < -0.3 is 0 Å². The Morgan fingerprint density at radius 3 is 2.10 bits per heavy atom. The number of terminal acetylenes is 1. The van der Waals surface area contributed by atoms with Crippen molar-refractivity contribution in [1.82, 2.24) is 4.90 Å². The molecule has 52 valence electrons. The van der Waals surface area contributed by atoms with Crippen molar-refractivity contribution in [2.45, 2.75) is 19.3 Å². The fraction of sp³-hybridized carbons (Fsp3) is 0.429. The molecule has 0 unspecified atom stereocenters. The summed E-state index contributed by atoms with van der Waals surface area (Å²) in [5.74, 6) is -0.502. The van der Waals surface area contributed by atoms with Gasteiger partial charge in [0, 0.05) is 18.9 Å². The molecule has 0 aromatic heterocycles. The Morgan fingerprint density at radius 2 is 1.80 bits per heavy atom. The van der Waals surface area contributed by atoms with Gasteiger partial charge in [-0.1, -0.05) is 6.42 Å². The highest BCUT2D eigenvalue weighted by atomic mass is 16.2. The predicted octanol–water partition coefficient (Wildman–Crippen LogP) is 0.116. The highest BCUT2D eigenvalue weighted by Gasteiger charge is 2.23. The Hall–Kier alpha value is -1.30. The second-order valence-electron chi connectivity index (χ2n) is 2.11. The summed E-state index contributed by atoms with van der Waals surface area (Å²) in [4.78, 5) is 22.4. The molecule has 1 aliphatic heterocycles. The lowest BCUT2D eigenvalue weighted by Gasteiger charge is -2.17. The van der Waals surface area contributed by atoms with Gasteiger partial charge in [0.1, 0.15) is 0 Å². The van der Waals surface area contributed by atoms with Crippen LogP contribution in [-0.4, -0.2) is 16.7 Å². The van der Waals surface area contributed by atoms with E-state index in [4.69, 9.17) is 6.42 Å². The first-order valence-corrected chi connectivity index (χ1v) is 3.07. The van der Waals surface area contributed by atoms with Crippen LogP contribution in [0.5, 0.6) is 0 Å². The lowest BCUT2D eigenvalue weighted by Crippen LogP contribution is -2.35. The van der Waals surface area contributed by atoms with Crippen LogP contribution in [-0.2, 0) is 9.59 Å². The van der Waals surface area contributed by atoms with Crippen LogP contribution in [0.4, 0.5) is 0 Å². The second-order valence-corrected chi connectivity index (χ2v) is 2.11. The monoisotopic (exact) mass is 137 g/mol. The zero-order valence-electron chi connectivity index (χ0n) is 5.46. The summed E-state index contributed by atoms with van der Waals surface area (Å²) < 4.78 is 0. The fourth-order valence-corrected chi connectivity index (χ4v) is 0.898. The Labute approximate surface area is 59.0 Å². The molecule has 1 saturated heterocycles. The van der Waals surface area contributed by atoms with Gasteiger partial charge in [-0.15, -0.1) is 0 Å². The zero-order valence-corrected chi connectivity index (χ0v) is 5.46. The maximum absolute atomic E-state index is 10.8. The first-order valence-electron chi connectivity index (χ1n) is 3.07. The average Bonchev–Trinajstić information content (AvgIpc) is 1.88. The summed E-state index contributed by atoms with van der Waals surface area (Å²) in [6.07, 6.45) is 6.35. The van der Waals surface area contributed by atoms with Crippen LogP contribution < -0.4 is 0 Å². The van der Waals surface area contributed by atoms with Gasteiger partial charge in [-0.05, 0) is 6.42 Å². The van der Waals surface area contributed by atoms with Gasteiger partial charge in [-0.3, -0.25) is 9.59 Å². The summed E-state index contributed by atoms with van der Waals surface area (Å²) in [5, 5.41) is 0. The predicted molar refractivity (Wildman–Crippen MR) is 34.5 cm³/mol. The van der Waals surface area contributed by atoms with Crippen LogP contribution in [0, 0.1) is 12.5 Å². The molecule has 1 heterocycles. The fourth-order valence-electron chi connectivity index (χ4n) is 0.898. The molecule has 1 aliphatic rings. The molecule has 0 aromatic carbocycles. The molecule has 0 bridgehead atoms. The smallest absolute Gasteiger partial charge is 0.241 e. The van der Waals surface area contributed by atoms with Gasteiger partial charge in [0.15, 0.2) is 0 Å². The Bertz CT molecular complexity index is 198. The Balaban J connectivity index is 2.74. The lowest BCUT2D eigenvalue weighted by atomic mass is 10.1. The Kier molecular flexibility index (Phi) is 1.72. The number of nitrogens with zero attached hydrogens (tertiary/aromatic N) is 1. The molecule has 3 nitrogen and oxygen atoms in total. The third-order valence-electron chi connectivity index (χ3n) is 1.41. The van der Waals surface area contributed by atoms with Crippen molar-refractivity contribution in [3.63, 3.8) is 0 Å².